The molecule has 0 radical (unpaired) electrons. The molecule has 2 rings (SSSR count). The van der Waals surface area contributed by atoms with Crippen LogP contribution in [0.25, 0.3) is 0 Å². The van der Waals surface area contributed by atoms with E-state index in [1.165, 1.54) is 0 Å². The van der Waals surface area contributed by atoms with Crippen LogP contribution in [0.15, 0.2) is 18.2 Å². The van der Waals surface area contributed by atoms with E-state index in [0.29, 0.717) is 5.92 Å². The Labute approximate surface area is 121 Å². The van der Waals surface area contributed by atoms with Crippen LogP contribution in [0.2, 0.25) is 0 Å². The van der Waals surface area contributed by atoms with Crippen LogP contribution in [0.3, 0.4) is 0 Å². The number of hydrogen-bond donors (Lipinski definition) is 1. The molecule has 0 aromatic heterocycles. The van der Waals surface area contributed by atoms with Crippen molar-refractivity contribution in [1.29, 1.82) is 0 Å². The first-order valence-electron chi connectivity index (χ1n) is 6.17. The highest BCUT2D eigenvalue weighted by Gasteiger charge is 2.29. The van der Waals surface area contributed by atoms with Crippen LogP contribution in [0, 0.1) is 16.4 Å². The average Bonchev–Trinajstić information content (AvgIpc) is 2.30. The van der Waals surface area contributed by atoms with Gasteiger partial charge in [-0.1, -0.05) is 12.1 Å². The fourth-order valence-corrected chi connectivity index (χ4v) is 2.93. The quantitative estimate of drug-likeness (QED) is 0.843. The van der Waals surface area contributed by atoms with E-state index in [-0.39, 0.29) is 12.0 Å². The minimum absolute atomic E-state index is 0.0736. The molecule has 0 heterocycles. The molecule has 0 spiro atoms. The van der Waals surface area contributed by atoms with Gasteiger partial charge in [-0.05, 0) is 59.9 Å². The zero-order valence-corrected chi connectivity index (χ0v) is 12.8. The first-order chi connectivity index (χ1) is 8.49. The van der Waals surface area contributed by atoms with Gasteiger partial charge in [0.1, 0.15) is 0 Å². The van der Waals surface area contributed by atoms with E-state index in [9.17, 15) is 9.90 Å². The highest BCUT2D eigenvalue weighted by atomic mass is 127. The van der Waals surface area contributed by atoms with E-state index in [1.54, 1.807) is 4.90 Å². The molecular formula is C14H18INO2. The number of carbonyl (C=O) groups excluding carboxylic acids is 1. The smallest absolute Gasteiger partial charge is 0.254 e. The Bertz CT molecular complexity index is 455. The summed E-state index contributed by atoms with van der Waals surface area (Å²) in [7, 11) is 1.84. The van der Waals surface area contributed by atoms with Gasteiger partial charge in [0.25, 0.3) is 5.91 Å². The van der Waals surface area contributed by atoms with E-state index in [4.69, 9.17) is 0 Å². The molecule has 0 saturated heterocycles. The molecule has 1 aliphatic rings. The summed E-state index contributed by atoms with van der Waals surface area (Å²) in [6, 6.07) is 5.82. The lowest BCUT2D eigenvalue weighted by Crippen LogP contribution is -2.39. The van der Waals surface area contributed by atoms with Crippen LogP contribution in [-0.4, -0.2) is 35.6 Å². The van der Waals surface area contributed by atoms with Gasteiger partial charge in [0, 0.05) is 17.2 Å². The predicted octanol–water partition coefficient (Wildman–Crippen LogP) is 2.44. The molecule has 1 saturated carbocycles. The summed E-state index contributed by atoms with van der Waals surface area (Å²) in [6.07, 6.45) is 1.49. The monoisotopic (exact) mass is 359 g/mol. The summed E-state index contributed by atoms with van der Waals surface area (Å²) in [4.78, 5) is 14.1. The third-order valence-corrected chi connectivity index (χ3v) is 4.94. The molecule has 1 N–H and O–H groups in total. The van der Waals surface area contributed by atoms with Gasteiger partial charge in [-0.2, -0.15) is 0 Å². The number of amides is 1. The van der Waals surface area contributed by atoms with Crippen molar-refractivity contribution in [2.45, 2.75) is 25.9 Å². The maximum atomic E-state index is 12.3. The summed E-state index contributed by atoms with van der Waals surface area (Å²) < 4.78 is 1.03. The molecule has 1 aromatic carbocycles. The summed E-state index contributed by atoms with van der Waals surface area (Å²) in [6.45, 7) is 2.75. The van der Waals surface area contributed by atoms with Gasteiger partial charge in [0.15, 0.2) is 0 Å². The number of halogens is 1. The normalized spacial score (nSPS) is 22.4. The molecule has 0 atom stereocenters. The SMILES string of the molecule is Cc1cccc(C(=O)N(C)CC2CC(O)C2)c1I. The summed E-state index contributed by atoms with van der Waals surface area (Å²) in [5, 5.41) is 9.26. The number of aliphatic hydroxyl groups is 1. The van der Waals surface area contributed by atoms with Gasteiger partial charge in [0.2, 0.25) is 0 Å². The van der Waals surface area contributed by atoms with Crippen molar-refractivity contribution in [2.24, 2.45) is 5.92 Å². The van der Waals surface area contributed by atoms with Crippen LogP contribution in [-0.2, 0) is 0 Å². The van der Waals surface area contributed by atoms with Crippen molar-refractivity contribution < 1.29 is 9.90 Å². The zero-order valence-electron chi connectivity index (χ0n) is 10.7. The molecule has 18 heavy (non-hydrogen) atoms. The number of aryl methyl sites for hydroxylation is 1. The van der Waals surface area contributed by atoms with Crippen molar-refractivity contribution in [3.63, 3.8) is 0 Å². The standard InChI is InChI=1S/C14H18INO2/c1-9-4-3-5-12(13(9)15)14(18)16(2)8-10-6-11(17)7-10/h3-5,10-11,17H,6-8H2,1-2H3. The van der Waals surface area contributed by atoms with E-state index in [0.717, 1.165) is 34.1 Å². The van der Waals surface area contributed by atoms with E-state index in [2.05, 4.69) is 22.6 Å². The Morgan fingerprint density at radius 2 is 2.17 bits per heavy atom. The molecule has 98 valence electrons. The molecule has 1 aromatic rings. The number of hydrogen-bond acceptors (Lipinski definition) is 2. The third kappa shape index (κ3) is 2.85. The predicted molar refractivity (Wildman–Crippen MR) is 79.6 cm³/mol. The van der Waals surface area contributed by atoms with Crippen molar-refractivity contribution in [1.82, 2.24) is 4.90 Å². The molecule has 1 aliphatic carbocycles. The Hall–Kier alpha value is -0.620. The van der Waals surface area contributed by atoms with Crippen molar-refractivity contribution in [3.8, 4) is 0 Å². The molecule has 0 bridgehead atoms. The van der Waals surface area contributed by atoms with Crippen LogP contribution < -0.4 is 0 Å². The van der Waals surface area contributed by atoms with Crippen LogP contribution >= 0.6 is 22.6 Å². The maximum Gasteiger partial charge on any atom is 0.254 e. The Balaban J connectivity index is 2.04. The molecule has 1 fully saturated rings. The minimum atomic E-state index is -0.155. The fraction of sp³-hybridized carbons (Fsp3) is 0.500. The first kappa shape index (κ1) is 13.8. The number of aliphatic hydroxyl groups excluding tert-OH is 1. The van der Waals surface area contributed by atoms with E-state index in [1.807, 2.05) is 32.2 Å². The van der Waals surface area contributed by atoms with Gasteiger partial charge in [0.05, 0.1) is 11.7 Å². The van der Waals surface area contributed by atoms with Crippen LogP contribution in [0.4, 0.5) is 0 Å². The van der Waals surface area contributed by atoms with E-state index >= 15 is 0 Å². The lowest BCUT2D eigenvalue weighted by atomic mass is 9.82. The second-order valence-electron chi connectivity index (χ2n) is 5.11. The first-order valence-corrected chi connectivity index (χ1v) is 7.25. The highest BCUT2D eigenvalue weighted by Crippen LogP contribution is 2.28. The van der Waals surface area contributed by atoms with Crippen molar-refractivity contribution >= 4 is 28.5 Å². The molecule has 3 nitrogen and oxygen atoms in total. The zero-order chi connectivity index (χ0) is 13.3. The number of benzene rings is 1. The van der Waals surface area contributed by atoms with E-state index < -0.39 is 0 Å². The highest BCUT2D eigenvalue weighted by molar-refractivity contribution is 14.1. The number of rotatable bonds is 3. The van der Waals surface area contributed by atoms with Gasteiger partial charge in [-0.15, -0.1) is 0 Å². The van der Waals surface area contributed by atoms with Gasteiger partial charge < -0.3 is 10.0 Å². The van der Waals surface area contributed by atoms with Gasteiger partial charge in [-0.3, -0.25) is 4.79 Å². The summed E-state index contributed by atoms with van der Waals surface area (Å²) in [5.74, 6) is 0.529. The minimum Gasteiger partial charge on any atom is -0.393 e. The molecule has 0 aliphatic heterocycles. The van der Waals surface area contributed by atoms with Crippen molar-refractivity contribution in [3.05, 3.63) is 32.9 Å². The largest absolute Gasteiger partial charge is 0.393 e. The van der Waals surface area contributed by atoms with Crippen LogP contribution in [0.5, 0.6) is 0 Å². The summed E-state index contributed by atoms with van der Waals surface area (Å²) in [5.41, 5.74) is 1.91. The molecular weight excluding hydrogens is 341 g/mol. The van der Waals surface area contributed by atoms with Crippen LogP contribution in [0.1, 0.15) is 28.8 Å². The Kier molecular flexibility index (Phi) is 4.27. The number of nitrogens with zero attached hydrogens (tertiary/aromatic N) is 1. The van der Waals surface area contributed by atoms with Crippen molar-refractivity contribution in [2.75, 3.05) is 13.6 Å². The molecule has 1 amide bonds. The lowest BCUT2D eigenvalue weighted by Gasteiger charge is -2.34. The molecule has 4 heteroatoms. The third-order valence-electron chi connectivity index (χ3n) is 3.51. The topological polar surface area (TPSA) is 40.5 Å². The summed E-state index contributed by atoms with van der Waals surface area (Å²) >= 11 is 2.23. The Morgan fingerprint density at radius 1 is 1.50 bits per heavy atom. The second-order valence-corrected chi connectivity index (χ2v) is 6.19. The average molecular weight is 359 g/mol. The number of carbonyl (C=O) groups is 1. The fourth-order valence-electron chi connectivity index (χ4n) is 2.34. The van der Waals surface area contributed by atoms with Gasteiger partial charge >= 0.3 is 0 Å². The lowest BCUT2D eigenvalue weighted by molar-refractivity contribution is 0.0265. The second kappa shape index (κ2) is 5.57. The maximum absolute atomic E-state index is 12.3. The van der Waals surface area contributed by atoms with Gasteiger partial charge in [-0.25, -0.2) is 0 Å². The molecule has 0 unspecified atom stereocenters. The Morgan fingerprint density at radius 3 is 2.78 bits per heavy atom.